The molecule has 0 radical (unpaired) electrons. The number of nitrogens with two attached hydrogens (primary N) is 1. The van der Waals surface area contributed by atoms with Crippen LogP contribution in [0.15, 0.2) is 0 Å². The van der Waals surface area contributed by atoms with Crippen LogP contribution in [-0.4, -0.2) is 36.0 Å². The van der Waals surface area contributed by atoms with Crippen LogP contribution in [0.25, 0.3) is 0 Å². The SMILES string of the molecule is CC(C)N1C[C@H](N)CC(F)(F)C1. The van der Waals surface area contributed by atoms with Gasteiger partial charge in [-0.2, -0.15) is 0 Å². The highest BCUT2D eigenvalue weighted by Crippen LogP contribution is 2.26. The molecule has 1 saturated heterocycles. The second kappa shape index (κ2) is 3.26. The number of rotatable bonds is 1. The number of hydrogen-bond donors (Lipinski definition) is 1. The van der Waals surface area contributed by atoms with E-state index in [9.17, 15) is 8.78 Å². The van der Waals surface area contributed by atoms with Gasteiger partial charge in [0.1, 0.15) is 0 Å². The van der Waals surface area contributed by atoms with Gasteiger partial charge in [-0.3, -0.25) is 4.90 Å². The van der Waals surface area contributed by atoms with E-state index in [4.69, 9.17) is 5.73 Å². The van der Waals surface area contributed by atoms with Gasteiger partial charge in [-0.15, -0.1) is 0 Å². The predicted molar refractivity (Wildman–Crippen MR) is 44.2 cm³/mol. The van der Waals surface area contributed by atoms with Crippen LogP contribution in [0.1, 0.15) is 20.3 Å². The average Bonchev–Trinajstić information content (AvgIpc) is 1.82. The number of halogens is 2. The molecular weight excluding hydrogens is 162 g/mol. The fourth-order valence-corrected chi connectivity index (χ4v) is 1.57. The van der Waals surface area contributed by atoms with E-state index in [1.165, 1.54) is 0 Å². The molecule has 0 unspecified atom stereocenters. The summed E-state index contributed by atoms with van der Waals surface area (Å²) in [5.41, 5.74) is 5.52. The van der Waals surface area contributed by atoms with Crippen LogP contribution in [0.2, 0.25) is 0 Å². The van der Waals surface area contributed by atoms with E-state index in [2.05, 4.69) is 0 Å². The second-order valence-electron chi connectivity index (χ2n) is 3.84. The Bertz CT molecular complexity index is 159. The lowest BCUT2D eigenvalue weighted by Crippen LogP contribution is -2.54. The van der Waals surface area contributed by atoms with Gasteiger partial charge in [-0.25, -0.2) is 8.78 Å². The number of alkyl halides is 2. The third kappa shape index (κ3) is 2.38. The molecule has 1 heterocycles. The highest BCUT2D eigenvalue weighted by molar-refractivity contribution is 4.87. The molecule has 0 aliphatic carbocycles. The zero-order valence-electron chi connectivity index (χ0n) is 7.56. The Hall–Kier alpha value is -0.220. The molecule has 2 N–H and O–H groups in total. The molecule has 72 valence electrons. The van der Waals surface area contributed by atoms with Crippen molar-refractivity contribution in [3.8, 4) is 0 Å². The molecule has 2 nitrogen and oxygen atoms in total. The Balaban J connectivity index is 2.58. The summed E-state index contributed by atoms with van der Waals surface area (Å²) in [6, 6.07) is -0.224. The molecule has 12 heavy (non-hydrogen) atoms. The lowest BCUT2D eigenvalue weighted by Gasteiger charge is -2.38. The van der Waals surface area contributed by atoms with Crippen molar-refractivity contribution >= 4 is 0 Å². The Morgan fingerprint density at radius 3 is 2.50 bits per heavy atom. The van der Waals surface area contributed by atoms with E-state index in [0.29, 0.717) is 6.54 Å². The summed E-state index contributed by atoms with van der Waals surface area (Å²) >= 11 is 0. The van der Waals surface area contributed by atoms with Crippen molar-refractivity contribution < 1.29 is 8.78 Å². The molecule has 1 aliphatic heterocycles. The van der Waals surface area contributed by atoms with Crippen LogP contribution in [0.5, 0.6) is 0 Å². The van der Waals surface area contributed by atoms with E-state index >= 15 is 0 Å². The maximum absolute atomic E-state index is 12.9. The molecule has 4 heteroatoms. The van der Waals surface area contributed by atoms with Crippen molar-refractivity contribution in [3.63, 3.8) is 0 Å². The number of piperidine rings is 1. The van der Waals surface area contributed by atoms with Gasteiger partial charge in [-0.1, -0.05) is 0 Å². The average molecular weight is 178 g/mol. The largest absolute Gasteiger partial charge is 0.326 e. The zero-order chi connectivity index (χ0) is 9.35. The molecule has 0 aromatic carbocycles. The normalized spacial score (nSPS) is 31.0. The molecule has 0 aromatic heterocycles. The number of hydrogen-bond acceptors (Lipinski definition) is 2. The van der Waals surface area contributed by atoms with Gasteiger partial charge >= 0.3 is 0 Å². The van der Waals surface area contributed by atoms with Crippen LogP contribution < -0.4 is 5.73 Å². The van der Waals surface area contributed by atoms with Gasteiger partial charge in [-0.05, 0) is 13.8 Å². The first-order chi connectivity index (χ1) is 5.41. The lowest BCUT2D eigenvalue weighted by molar-refractivity contribution is -0.0779. The van der Waals surface area contributed by atoms with E-state index < -0.39 is 5.92 Å². The number of likely N-dealkylation sites (tertiary alicyclic amines) is 1. The van der Waals surface area contributed by atoms with Crippen LogP contribution in [0, 0.1) is 0 Å². The highest BCUT2D eigenvalue weighted by atomic mass is 19.3. The van der Waals surface area contributed by atoms with Gasteiger partial charge in [0.05, 0.1) is 6.54 Å². The molecule has 0 bridgehead atoms. The standard InChI is InChI=1S/C8H16F2N2/c1-6(2)12-4-7(11)3-8(9,10)5-12/h6-7H,3-5,11H2,1-2H3/t7-/m1/s1. The van der Waals surface area contributed by atoms with Crippen molar-refractivity contribution in [1.29, 1.82) is 0 Å². The minimum Gasteiger partial charge on any atom is -0.326 e. The zero-order valence-corrected chi connectivity index (χ0v) is 7.56. The Morgan fingerprint density at radius 1 is 1.50 bits per heavy atom. The molecule has 0 aromatic rings. The van der Waals surface area contributed by atoms with Crippen molar-refractivity contribution in [1.82, 2.24) is 4.90 Å². The second-order valence-corrected chi connectivity index (χ2v) is 3.84. The maximum atomic E-state index is 12.9. The highest BCUT2D eigenvalue weighted by Gasteiger charge is 2.39. The summed E-state index contributed by atoms with van der Waals surface area (Å²) in [5.74, 6) is -2.60. The fraction of sp³-hybridized carbons (Fsp3) is 1.00. The molecule has 1 aliphatic rings. The maximum Gasteiger partial charge on any atom is 0.262 e. The summed E-state index contributed by atoms with van der Waals surface area (Å²) in [4.78, 5) is 1.73. The molecule has 0 saturated carbocycles. The number of nitrogens with zero attached hydrogens (tertiary/aromatic N) is 1. The fourth-order valence-electron chi connectivity index (χ4n) is 1.57. The Morgan fingerprint density at radius 2 is 2.08 bits per heavy atom. The van der Waals surface area contributed by atoms with Crippen molar-refractivity contribution in [2.24, 2.45) is 5.73 Å². The quantitative estimate of drug-likeness (QED) is 0.650. The van der Waals surface area contributed by atoms with E-state index in [-0.39, 0.29) is 25.0 Å². The summed E-state index contributed by atoms with van der Waals surface area (Å²) < 4.78 is 25.9. The van der Waals surface area contributed by atoms with E-state index in [1.807, 2.05) is 13.8 Å². The summed E-state index contributed by atoms with van der Waals surface area (Å²) in [5, 5.41) is 0. The summed E-state index contributed by atoms with van der Waals surface area (Å²) in [6.07, 6.45) is -0.170. The summed E-state index contributed by atoms with van der Waals surface area (Å²) in [7, 11) is 0. The van der Waals surface area contributed by atoms with Crippen molar-refractivity contribution in [2.45, 2.75) is 38.3 Å². The first-order valence-electron chi connectivity index (χ1n) is 4.28. The van der Waals surface area contributed by atoms with Crippen molar-refractivity contribution in [2.75, 3.05) is 13.1 Å². The van der Waals surface area contributed by atoms with Gasteiger partial charge in [0, 0.05) is 25.0 Å². The van der Waals surface area contributed by atoms with Gasteiger partial charge < -0.3 is 5.73 Å². The molecule has 1 fully saturated rings. The monoisotopic (exact) mass is 178 g/mol. The molecule has 1 rings (SSSR count). The third-order valence-electron chi connectivity index (χ3n) is 2.19. The van der Waals surface area contributed by atoms with Crippen molar-refractivity contribution in [3.05, 3.63) is 0 Å². The van der Waals surface area contributed by atoms with Crippen LogP contribution in [-0.2, 0) is 0 Å². The first kappa shape index (κ1) is 9.86. The lowest BCUT2D eigenvalue weighted by atomic mass is 10.0. The molecule has 0 amide bonds. The van der Waals surface area contributed by atoms with Crippen LogP contribution >= 0.6 is 0 Å². The topological polar surface area (TPSA) is 29.3 Å². The smallest absolute Gasteiger partial charge is 0.262 e. The van der Waals surface area contributed by atoms with E-state index in [1.54, 1.807) is 4.90 Å². The third-order valence-corrected chi connectivity index (χ3v) is 2.19. The van der Waals surface area contributed by atoms with Gasteiger partial charge in [0.25, 0.3) is 5.92 Å². The molecular formula is C8H16F2N2. The molecule has 1 atom stereocenters. The van der Waals surface area contributed by atoms with Crippen LogP contribution in [0.4, 0.5) is 8.78 Å². The first-order valence-corrected chi connectivity index (χ1v) is 4.28. The predicted octanol–water partition coefficient (Wildman–Crippen LogP) is 1.06. The van der Waals surface area contributed by atoms with E-state index in [0.717, 1.165) is 0 Å². The van der Waals surface area contributed by atoms with Gasteiger partial charge in [0.15, 0.2) is 0 Å². The van der Waals surface area contributed by atoms with Crippen LogP contribution in [0.3, 0.4) is 0 Å². The Kier molecular flexibility index (Phi) is 2.68. The minimum atomic E-state index is -2.60. The summed E-state index contributed by atoms with van der Waals surface area (Å²) in [6.45, 7) is 4.27. The minimum absolute atomic E-state index is 0.141. The molecule has 0 spiro atoms. The van der Waals surface area contributed by atoms with Gasteiger partial charge in [0.2, 0.25) is 0 Å². The Labute approximate surface area is 71.7 Å².